The summed E-state index contributed by atoms with van der Waals surface area (Å²) in [5.41, 5.74) is 37.0. The SMILES string of the molecule is Cc1cc(C)c(B2c3cc4c(cc3-c3cc(-c5ccccc5)cc5c6cc(-c7ccccc7)ccc6n2c35)C(c2c(C)cc(C)cc2C)C2c3ccc(-c5ccccc5)cc3-c3cc(-c5ccccc5)cc-4c32)c(C)c1. The van der Waals surface area contributed by atoms with E-state index in [1.54, 1.807) is 0 Å². The van der Waals surface area contributed by atoms with Crippen molar-refractivity contribution in [3.8, 4) is 77.9 Å². The lowest BCUT2D eigenvalue weighted by Gasteiger charge is -2.39. The Bertz CT molecular complexity index is 4340. The Kier molecular flexibility index (Phi) is 9.95. The van der Waals surface area contributed by atoms with Crippen LogP contribution in [-0.4, -0.2) is 11.3 Å². The summed E-state index contributed by atoms with van der Waals surface area (Å²) in [7, 11) is 0. The molecule has 360 valence electrons. The monoisotopic (exact) mass is 969 g/mol. The van der Waals surface area contributed by atoms with Gasteiger partial charge in [0.25, 0.3) is 0 Å². The zero-order valence-electron chi connectivity index (χ0n) is 44.0. The van der Waals surface area contributed by atoms with Gasteiger partial charge in [-0.15, -0.1) is 0 Å². The van der Waals surface area contributed by atoms with E-state index in [2.05, 4.69) is 264 Å². The molecule has 15 rings (SSSR count). The third-order valence-electron chi connectivity index (χ3n) is 17.6. The molecule has 0 radical (unpaired) electrons. The fourth-order valence-corrected chi connectivity index (χ4v) is 14.7. The van der Waals surface area contributed by atoms with Gasteiger partial charge in [-0.2, -0.15) is 0 Å². The quantitative estimate of drug-likeness (QED) is 0.146. The van der Waals surface area contributed by atoms with E-state index >= 15 is 0 Å². The highest BCUT2D eigenvalue weighted by molar-refractivity contribution is 6.87. The largest absolute Gasteiger partial charge is 0.375 e. The van der Waals surface area contributed by atoms with Gasteiger partial charge in [0.2, 0.25) is 0 Å². The molecule has 0 spiro atoms. The maximum atomic E-state index is 2.74. The summed E-state index contributed by atoms with van der Waals surface area (Å²) < 4.78 is 2.74. The molecule has 0 fully saturated rings. The number of aryl methyl sites for hydroxylation is 6. The fraction of sp³-hybridized carbons (Fsp3) is 0.108. The van der Waals surface area contributed by atoms with Crippen molar-refractivity contribution in [3.63, 3.8) is 0 Å². The minimum Gasteiger partial charge on any atom is -0.375 e. The minimum atomic E-state index is -0.0893. The van der Waals surface area contributed by atoms with Gasteiger partial charge in [-0.1, -0.05) is 198 Å². The van der Waals surface area contributed by atoms with Crippen LogP contribution in [0, 0.1) is 41.5 Å². The van der Waals surface area contributed by atoms with E-state index < -0.39 is 0 Å². The molecule has 1 nitrogen and oxygen atoms in total. The number of benzene rings is 11. The van der Waals surface area contributed by atoms with Gasteiger partial charge in [-0.05, 0) is 201 Å². The van der Waals surface area contributed by atoms with Crippen LogP contribution in [-0.2, 0) is 0 Å². The summed E-state index contributed by atoms with van der Waals surface area (Å²) >= 11 is 0. The van der Waals surface area contributed by atoms with Crippen molar-refractivity contribution < 1.29 is 0 Å². The topological polar surface area (TPSA) is 4.93 Å². The molecular weight excluding hydrogens is 914 g/mol. The molecule has 2 heterocycles. The van der Waals surface area contributed by atoms with Crippen molar-refractivity contribution in [3.05, 3.63) is 274 Å². The van der Waals surface area contributed by atoms with Gasteiger partial charge < -0.3 is 4.48 Å². The van der Waals surface area contributed by atoms with Crippen LogP contribution in [0.5, 0.6) is 0 Å². The maximum absolute atomic E-state index is 2.74. The molecule has 2 unspecified atom stereocenters. The van der Waals surface area contributed by atoms with Gasteiger partial charge in [-0.3, -0.25) is 0 Å². The lowest BCUT2D eigenvalue weighted by atomic mass is 9.45. The molecular formula is C74H56BN. The molecule has 0 saturated heterocycles. The molecule has 0 N–H and O–H groups in total. The predicted octanol–water partition coefficient (Wildman–Crippen LogP) is 17.9. The molecule has 11 aromatic carbocycles. The average Bonchev–Trinajstić information content (AvgIpc) is 4.12. The Balaban J connectivity index is 1.10. The van der Waals surface area contributed by atoms with Gasteiger partial charge in [0.15, 0.2) is 0 Å². The number of hydrogen-bond donors (Lipinski definition) is 0. The first-order valence-electron chi connectivity index (χ1n) is 27.2. The minimum absolute atomic E-state index is 0.0638. The second-order valence-electron chi connectivity index (χ2n) is 22.3. The first kappa shape index (κ1) is 44.7. The van der Waals surface area contributed by atoms with E-state index in [1.165, 1.54) is 166 Å². The third kappa shape index (κ3) is 6.66. The Hall–Kier alpha value is -8.72. The molecule has 0 bridgehead atoms. The molecule has 0 saturated carbocycles. The van der Waals surface area contributed by atoms with E-state index in [4.69, 9.17) is 0 Å². The normalized spacial score (nSPS) is 14.7. The second-order valence-corrected chi connectivity index (χ2v) is 22.3. The molecule has 0 amide bonds. The summed E-state index contributed by atoms with van der Waals surface area (Å²) in [6.45, 7) is 13.8. The van der Waals surface area contributed by atoms with Crippen LogP contribution in [0.1, 0.15) is 67.5 Å². The Morgan fingerprint density at radius 3 is 1.34 bits per heavy atom. The first-order chi connectivity index (χ1) is 37.2. The first-order valence-corrected chi connectivity index (χ1v) is 27.2. The van der Waals surface area contributed by atoms with Crippen molar-refractivity contribution in [2.45, 2.75) is 53.4 Å². The highest BCUT2D eigenvalue weighted by Gasteiger charge is 2.46. The number of nitrogens with zero attached hydrogens (tertiary/aromatic N) is 1. The fourth-order valence-electron chi connectivity index (χ4n) is 14.7. The number of hydrogen-bond acceptors (Lipinski definition) is 0. The second kappa shape index (κ2) is 16.9. The van der Waals surface area contributed by atoms with Crippen LogP contribution in [0.4, 0.5) is 0 Å². The van der Waals surface area contributed by atoms with Crippen LogP contribution in [0.3, 0.4) is 0 Å². The van der Waals surface area contributed by atoms with E-state index in [9.17, 15) is 0 Å². The summed E-state index contributed by atoms with van der Waals surface area (Å²) in [5, 5.41) is 2.58. The number of fused-ring (bicyclic) bond motifs is 10. The highest BCUT2D eigenvalue weighted by atomic mass is 14.9. The van der Waals surface area contributed by atoms with Crippen molar-refractivity contribution >= 4 is 39.6 Å². The molecule has 2 heteroatoms. The van der Waals surface area contributed by atoms with Gasteiger partial charge in [0, 0.05) is 39.2 Å². The summed E-state index contributed by atoms with van der Waals surface area (Å²) in [6, 6.07) is 83.7. The highest BCUT2D eigenvalue weighted by Crippen LogP contribution is 2.62. The van der Waals surface area contributed by atoms with Crippen molar-refractivity contribution in [1.29, 1.82) is 0 Å². The van der Waals surface area contributed by atoms with Crippen LogP contribution in [0.15, 0.2) is 218 Å². The van der Waals surface area contributed by atoms with E-state index in [-0.39, 0.29) is 18.7 Å². The van der Waals surface area contributed by atoms with Crippen molar-refractivity contribution in [2.24, 2.45) is 0 Å². The van der Waals surface area contributed by atoms with Crippen molar-refractivity contribution in [1.82, 2.24) is 4.48 Å². The average molecular weight is 970 g/mol. The zero-order valence-corrected chi connectivity index (χ0v) is 44.0. The van der Waals surface area contributed by atoms with E-state index in [0.717, 1.165) is 0 Å². The maximum Gasteiger partial charge on any atom is 0.329 e. The zero-order chi connectivity index (χ0) is 51.1. The molecule has 2 aliphatic carbocycles. The van der Waals surface area contributed by atoms with Gasteiger partial charge in [0.1, 0.15) is 0 Å². The number of rotatable bonds is 6. The van der Waals surface area contributed by atoms with Crippen LogP contribution >= 0.6 is 0 Å². The summed E-state index contributed by atoms with van der Waals surface area (Å²) in [5.74, 6) is 0.175. The molecule has 1 aliphatic heterocycles. The lowest BCUT2D eigenvalue weighted by Crippen LogP contribution is -2.53. The predicted molar refractivity (Wildman–Crippen MR) is 323 cm³/mol. The molecule has 12 aromatic rings. The van der Waals surface area contributed by atoms with E-state index in [0.29, 0.717) is 0 Å². The molecule has 2 atom stereocenters. The Morgan fingerprint density at radius 2 is 0.763 bits per heavy atom. The van der Waals surface area contributed by atoms with Crippen molar-refractivity contribution in [2.75, 3.05) is 0 Å². The Morgan fingerprint density at radius 1 is 0.316 bits per heavy atom. The molecule has 76 heavy (non-hydrogen) atoms. The van der Waals surface area contributed by atoms with Crippen LogP contribution < -0.4 is 10.9 Å². The molecule has 1 aromatic heterocycles. The van der Waals surface area contributed by atoms with Crippen LogP contribution in [0.2, 0.25) is 0 Å². The van der Waals surface area contributed by atoms with Gasteiger partial charge >= 0.3 is 6.85 Å². The van der Waals surface area contributed by atoms with E-state index in [1.807, 2.05) is 0 Å². The number of aromatic nitrogens is 1. The molecule has 3 aliphatic rings. The lowest BCUT2D eigenvalue weighted by molar-refractivity contribution is 0.691. The van der Waals surface area contributed by atoms with Gasteiger partial charge in [0.05, 0.1) is 0 Å². The Labute approximate surface area is 446 Å². The van der Waals surface area contributed by atoms with Gasteiger partial charge in [-0.25, -0.2) is 0 Å². The third-order valence-corrected chi connectivity index (χ3v) is 17.6. The smallest absolute Gasteiger partial charge is 0.329 e. The summed E-state index contributed by atoms with van der Waals surface area (Å²) in [4.78, 5) is 0. The van der Waals surface area contributed by atoms with Crippen LogP contribution in [0.25, 0.3) is 99.7 Å². The summed E-state index contributed by atoms with van der Waals surface area (Å²) in [6.07, 6.45) is 0. The standard InChI is InChI=1S/C74H56BN/c1-43-31-45(3)69(46(4)32-43)72-64-41-60-65-39-56(52-25-17-10-18-26-52)40-66-61-36-54(50-21-13-8-14-22-50)28-30-68(61)76(74(65)66)75(73-47(5)33-44(2)34-48(73)6)67(60)42-59(64)63-38-55(51-23-15-9-16-24-51)37-62-58-35-53(49-19-11-7-12-20-49)27-29-57(58)71(72)70(62)63/h7-42,71-72H,1-6H3.